The Balaban J connectivity index is 2.91. The molecule has 1 heterocycles. The van der Waals surface area contributed by atoms with Crippen molar-refractivity contribution in [1.29, 1.82) is 0 Å². The van der Waals surface area contributed by atoms with Crippen molar-refractivity contribution >= 4 is 15.8 Å². The van der Waals surface area contributed by atoms with E-state index in [1.165, 1.54) is 18.0 Å². The summed E-state index contributed by atoms with van der Waals surface area (Å²) in [6.07, 6.45) is 1.35. The first-order valence-electron chi connectivity index (χ1n) is 5.01. The van der Waals surface area contributed by atoms with Crippen molar-refractivity contribution in [2.75, 3.05) is 19.4 Å². The van der Waals surface area contributed by atoms with Crippen molar-refractivity contribution in [3.05, 3.63) is 6.33 Å². The Hall–Kier alpha value is -1.12. The molecule has 8 heteroatoms. The molecule has 1 aromatic heterocycles. The summed E-state index contributed by atoms with van der Waals surface area (Å²) in [5.74, 6) is -0.0183. The number of anilines is 1. The molecule has 0 spiro atoms. The number of rotatable bonds is 5. The smallest absolute Gasteiger partial charge is 0.260 e. The molecule has 1 rings (SSSR count). The number of aromatic nitrogens is 2. The van der Waals surface area contributed by atoms with Gasteiger partial charge in [0.2, 0.25) is 0 Å². The number of nitrogens with one attached hydrogen (secondary N) is 1. The molecule has 0 saturated carbocycles. The summed E-state index contributed by atoms with van der Waals surface area (Å²) in [6, 6.07) is 0. The molecular formula is C9H18N4O3S. The van der Waals surface area contributed by atoms with Gasteiger partial charge in [0.15, 0.2) is 10.8 Å². The van der Waals surface area contributed by atoms with Gasteiger partial charge in [-0.2, -0.15) is 0 Å². The molecule has 0 bridgehead atoms. The summed E-state index contributed by atoms with van der Waals surface area (Å²) >= 11 is 0. The Kier molecular flexibility index (Phi) is 3.80. The fourth-order valence-corrected chi connectivity index (χ4v) is 2.60. The molecule has 0 aliphatic carbocycles. The van der Waals surface area contributed by atoms with Gasteiger partial charge < -0.3 is 15.0 Å². The standard InChI is InChI=1S/C9H18N4O3S/c1-9(2,16-4)5-12-17(14,15)8-7(10)11-6-13(8)3/h6,12H,5,10H2,1-4H3. The van der Waals surface area contributed by atoms with Crippen LogP contribution in [0, 0.1) is 0 Å². The Morgan fingerprint density at radius 2 is 2.18 bits per heavy atom. The number of ether oxygens (including phenoxy) is 1. The maximum atomic E-state index is 12.0. The topological polar surface area (TPSA) is 99.2 Å². The average molecular weight is 262 g/mol. The molecule has 0 atom stereocenters. The van der Waals surface area contributed by atoms with E-state index >= 15 is 0 Å². The molecule has 0 fully saturated rings. The Bertz CT molecular complexity index is 473. The van der Waals surface area contributed by atoms with E-state index in [0.717, 1.165) is 0 Å². The predicted molar refractivity (Wildman–Crippen MR) is 63.9 cm³/mol. The van der Waals surface area contributed by atoms with E-state index in [0.29, 0.717) is 0 Å². The van der Waals surface area contributed by atoms with Gasteiger partial charge >= 0.3 is 0 Å². The van der Waals surface area contributed by atoms with Crippen molar-refractivity contribution in [1.82, 2.24) is 14.3 Å². The van der Waals surface area contributed by atoms with Gasteiger partial charge in [-0.05, 0) is 13.8 Å². The lowest BCUT2D eigenvalue weighted by molar-refractivity contribution is 0.0276. The van der Waals surface area contributed by atoms with Crippen molar-refractivity contribution in [2.24, 2.45) is 7.05 Å². The van der Waals surface area contributed by atoms with Crippen LogP contribution in [0.25, 0.3) is 0 Å². The van der Waals surface area contributed by atoms with Gasteiger partial charge in [0.1, 0.15) is 0 Å². The van der Waals surface area contributed by atoms with Gasteiger partial charge in [-0.15, -0.1) is 0 Å². The third kappa shape index (κ3) is 3.18. The van der Waals surface area contributed by atoms with Crippen LogP contribution in [0.2, 0.25) is 0 Å². The van der Waals surface area contributed by atoms with Crippen LogP contribution in [0.1, 0.15) is 13.8 Å². The number of imidazole rings is 1. The number of sulfonamides is 1. The number of nitrogens with zero attached hydrogens (tertiary/aromatic N) is 2. The van der Waals surface area contributed by atoms with E-state index in [9.17, 15) is 8.42 Å². The van der Waals surface area contributed by atoms with Gasteiger partial charge in [0, 0.05) is 20.7 Å². The van der Waals surface area contributed by atoms with Crippen LogP contribution in [-0.4, -0.2) is 37.2 Å². The zero-order valence-corrected chi connectivity index (χ0v) is 11.2. The summed E-state index contributed by atoms with van der Waals surface area (Å²) in [5.41, 5.74) is 4.93. The van der Waals surface area contributed by atoms with Crippen LogP contribution < -0.4 is 10.5 Å². The molecule has 98 valence electrons. The number of hydrogen-bond donors (Lipinski definition) is 2. The largest absolute Gasteiger partial charge is 0.381 e. The first kappa shape index (κ1) is 13.9. The normalized spacial score (nSPS) is 12.9. The molecule has 7 nitrogen and oxygen atoms in total. The van der Waals surface area contributed by atoms with E-state index in [1.54, 1.807) is 20.9 Å². The summed E-state index contributed by atoms with van der Waals surface area (Å²) in [5, 5.41) is -0.0376. The van der Waals surface area contributed by atoms with Crippen LogP contribution in [0.15, 0.2) is 11.4 Å². The van der Waals surface area contributed by atoms with Crippen LogP contribution in [0.3, 0.4) is 0 Å². The highest BCUT2D eigenvalue weighted by Crippen LogP contribution is 2.16. The van der Waals surface area contributed by atoms with E-state index in [4.69, 9.17) is 10.5 Å². The lowest BCUT2D eigenvalue weighted by Gasteiger charge is -2.23. The third-order valence-corrected chi connectivity index (χ3v) is 3.94. The van der Waals surface area contributed by atoms with Crippen molar-refractivity contribution < 1.29 is 13.2 Å². The predicted octanol–water partition coefficient (Wildman–Crippen LogP) is -0.294. The lowest BCUT2D eigenvalue weighted by Crippen LogP contribution is -2.40. The number of nitrogen functional groups attached to an aromatic ring is 1. The molecule has 1 aromatic rings. The van der Waals surface area contributed by atoms with Gasteiger partial charge in [-0.25, -0.2) is 18.1 Å². The molecule has 0 unspecified atom stereocenters. The number of aryl methyl sites for hydroxylation is 1. The van der Waals surface area contributed by atoms with Crippen molar-refractivity contribution in [3.8, 4) is 0 Å². The Morgan fingerprint density at radius 3 is 2.59 bits per heavy atom. The summed E-state index contributed by atoms with van der Waals surface area (Å²) < 4.78 is 32.9. The zero-order chi connectivity index (χ0) is 13.3. The molecule has 3 N–H and O–H groups in total. The minimum Gasteiger partial charge on any atom is -0.381 e. The first-order valence-corrected chi connectivity index (χ1v) is 6.49. The second kappa shape index (κ2) is 4.63. The van der Waals surface area contributed by atoms with Gasteiger partial charge in [-0.1, -0.05) is 0 Å². The first-order chi connectivity index (χ1) is 7.69. The van der Waals surface area contributed by atoms with E-state index < -0.39 is 15.6 Å². The third-order valence-electron chi connectivity index (χ3n) is 2.40. The minimum atomic E-state index is -3.68. The summed E-state index contributed by atoms with van der Waals surface area (Å²) in [4.78, 5) is 3.74. The molecule has 0 radical (unpaired) electrons. The van der Waals surface area contributed by atoms with E-state index in [-0.39, 0.29) is 17.4 Å². The van der Waals surface area contributed by atoms with Crippen LogP contribution in [0.5, 0.6) is 0 Å². The van der Waals surface area contributed by atoms with Gasteiger partial charge in [0.25, 0.3) is 10.0 Å². The molecule has 0 aromatic carbocycles. The Morgan fingerprint density at radius 1 is 1.59 bits per heavy atom. The molecule has 0 saturated heterocycles. The minimum absolute atomic E-state index is 0.0183. The molecule has 0 aliphatic heterocycles. The second-order valence-electron chi connectivity index (χ2n) is 4.33. The number of hydrogen-bond acceptors (Lipinski definition) is 5. The molecule has 0 aliphatic rings. The van der Waals surface area contributed by atoms with Crippen molar-refractivity contribution in [3.63, 3.8) is 0 Å². The Labute approximate surface area is 101 Å². The highest BCUT2D eigenvalue weighted by Gasteiger charge is 2.25. The highest BCUT2D eigenvalue weighted by molar-refractivity contribution is 7.89. The maximum absolute atomic E-state index is 12.0. The van der Waals surface area contributed by atoms with Gasteiger partial charge in [-0.3, -0.25) is 0 Å². The fraction of sp³-hybridized carbons (Fsp3) is 0.667. The van der Waals surface area contributed by atoms with Gasteiger partial charge in [0.05, 0.1) is 11.9 Å². The number of nitrogens with two attached hydrogens (primary N) is 1. The van der Waals surface area contributed by atoms with Crippen LogP contribution in [-0.2, 0) is 21.8 Å². The van der Waals surface area contributed by atoms with Crippen LogP contribution in [0.4, 0.5) is 5.82 Å². The van der Waals surface area contributed by atoms with Crippen molar-refractivity contribution in [2.45, 2.75) is 24.5 Å². The molecular weight excluding hydrogens is 244 g/mol. The quantitative estimate of drug-likeness (QED) is 0.759. The summed E-state index contributed by atoms with van der Waals surface area (Å²) in [7, 11) is -0.587. The number of methoxy groups -OCH3 is 1. The van der Waals surface area contributed by atoms with Crippen LogP contribution >= 0.6 is 0 Å². The highest BCUT2D eigenvalue weighted by atomic mass is 32.2. The SMILES string of the molecule is COC(C)(C)CNS(=O)(=O)c1c(N)ncn1C. The fourth-order valence-electron chi connectivity index (χ4n) is 1.17. The monoisotopic (exact) mass is 262 g/mol. The lowest BCUT2D eigenvalue weighted by atomic mass is 10.1. The zero-order valence-electron chi connectivity index (χ0n) is 10.4. The molecule has 17 heavy (non-hydrogen) atoms. The molecule has 0 amide bonds. The maximum Gasteiger partial charge on any atom is 0.260 e. The second-order valence-corrected chi connectivity index (χ2v) is 6.02. The van der Waals surface area contributed by atoms with E-state index in [2.05, 4.69) is 9.71 Å². The van der Waals surface area contributed by atoms with E-state index in [1.807, 2.05) is 0 Å². The summed E-state index contributed by atoms with van der Waals surface area (Å²) in [6.45, 7) is 3.71. The average Bonchev–Trinajstić information content (AvgIpc) is 2.57.